The molecule has 1 fully saturated rings. The van der Waals surface area contributed by atoms with Crippen LogP contribution in [0.2, 0.25) is 18.1 Å². The van der Waals surface area contributed by atoms with Crippen molar-refractivity contribution in [3.05, 3.63) is 71.8 Å². The van der Waals surface area contributed by atoms with Gasteiger partial charge in [0.1, 0.15) is 23.7 Å². The number of hydrogen-bond donors (Lipinski definition) is 2. The molecule has 3 atom stereocenters. The largest absolute Gasteiger partial charge is 0.544 e. The van der Waals surface area contributed by atoms with E-state index in [1.54, 1.807) is 12.1 Å². The molecule has 5 heteroatoms. The number of aryl methyl sites for hydroxylation is 1. The van der Waals surface area contributed by atoms with Gasteiger partial charge in [-0.05, 0) is 78.4 Å². The SMILES string of the molecule is C=C1C[C@@H](CCc2ccc(O)cc2)O[C@@H](c2ccc(O[Si](C)(C)C(C)(C)C)cc2)[C@@H]1O. The summed E-state index contributed by atoms with van der Waals surface area (Å²) in [4.78, 5) is 0. The smallest absolute Gasteiger partial charge is 0.250 e. The van der Waals surface area contributed by atoms with E-state index in [0.717, 1.165) is 35.3 Å². The Labute approximate surface area is 187 Å². The van der Waals surface area contributed by atoms with Gasteiger partial charge in [0.2, 0.25) is 8.32 Å². The van der Waals surface area contributed by atoms with Gasteiger partial charge in [0.15, 0.2) is 0 Å². The third kappa shape index (κ3) is 5.79. The summed E-state index contributed by atoms with van der Waals surface area (Å²) in [6.07, 6.45) is 1.20. The van der Waals surface area contributed by atoms with Crippen LogP contribution >= 0.6 is 0 Å². The molecule has 2 aromatic rings. The van der Waals surface area contributed by atoms with Crippen LogP contribution in [0.3, 0.4) is 0 Å². The third-order valence-corrected chi connectivity index (χ3v) is 11.0. The molecule has 0 aliphatic carbocycles. The molecular formula is C26H36O4Si. The van der Waals surface area contributed by atoms with Crippen LogP contribution in [0.4, 0.5) is 0 Å². The summed E-state index contributed by atoms with van der Waals surface area (Å²) in [6, 6.07) is 15.2. The summed E-state index contributed by atoms with van der Waals surface area (Å²) in [5.41, 5.74) is 2.90. The summed E-state index contributed by atoms with van der Waals surface area (Å²) >= 11 is 0. The quantitative estimate of drug-likeness (QED) is 0.417. The second kappa shape index (κ2) is 9.19. The van der Waals surface area contributed by atoms with Gasteiger partial charge in [-0.25, -0.2) is 0 Å². The van der Waals surface area contributed by atoms with Crippen LogP contribution in [0.1, 0.15) is 50.8 Å². The molecular weight excluding hydrogens is 404 g/mol. The van der Waals surface area contributed by atoms with Gasteiger partial charge < -0.3 is 19.4 Å². The van der Waals surface area contributed by atoms with Crippen molar-refractivity contribution in [2.24, 2.45) is 0 Å². The number of phenols is 1. The number of phenolic OH excluding ortho intramolecular Hbond substituents is 1. The summed E-state index contributed by atoms with van der Waals surface area (Å²) in [5, 5.41) is 20.3. The predicted octanol–water partition coefficient (Wildman–Crippen LogP) is 6.16. The van der Waals surface area contributed by atoms with Gasteiger partial charge in [-0.3, -0.25) is 0 Å². The first kappa shape index (κ1) is 23.6. The minimum atomic E-state index is -1.90. The van der Waals surface area contributed by atoms with Crippen molar-refractivity contribution in [1.29, 1.82) is 0 Å². The Kier molecular flexibility index (Phi) is 6.99. The second-order valence-corrected chi connectivity index (χ2v) is 14.8. The lowest BCUT2D eigenvalue weighted by molar-refractivity contribution is -0.0955. The summed E-state index contributed by atoms with van der Waals surface area (Å²) in [5.74, 6) is 1.14. The fourth-order valence-electron chi connectivity index (χ4n) is 3.55. The zero-order chi connectivity index (χ0) is 22.8. The number of ether oxygens (including phenoxy) is 1. The van der Waals surface area contributed by atoms with E-state index < -0.39 is 20.5 Å². The fourth-order valence-corrected chi connectivity index (χ4v) is 4.58. The predicted molar refractivity (Wildman–Crippen MR) is 128 cm³/mol. The van der Waals surface area contributed by atoms with Gasteiger partial charge in [-0.2, -0.15) is 0 Å². The zero-order valence-corrected chi connectivity index (χ0v) is 20.4. The molecule has 0 radical (unpaired) electrons. The molecule has 0 saturated carbocycles. The van der Waals surface area contributed by atoms with Crippen LogP contribution in [0.5, 0.6) is 11.5 Å². The maximum atomic E-state index is 10.7. The number of benzene rings is 2. The van der Waals surface area contributed by atoms with Crippen molar-refractivity contribution >= 4 is 8.32 Å². The van der Waals surface area contributed by atoms with E-state index in [-0.39, 0.29) is 16.9 Å². The molecule has 4 nitrogen and oxygen atoms in total. The first-order valence-corrected chi connectivity index (χ1v) is 14.0. The van der Waals surface area contributed by atoms with Crippen molar-refractivity contribution < 1.29 is 19.4 Å². The van der Waals surface area contributed by atoms with Crippen molar-refractivity contribution in [2.75, 3.05) is 0 Å². The molecule has 31 heavy (non-hydrogen) atoms. The van der Waals surface area contributed by atoms with E-state index in [1.165, 1.54) is 0 Å². The first-order chi connectivity index (χ1) is 14.5. The first-order valence-electron chi connectivity index (χ1n) is 11.0. The molecule has 0 bridgehead atoms. The molecule has 2 aromatic carbocycles. The normalized spacial score (nSPS) is 22.4. The van der Waals surface area contributed by atoms with E-state index in [2.05, 4.69) is 40.4 Å². The van der Waals surface area contributed by atoms with Gasteiger partial charge in [0.05, 0.1) is 6.10 Å². The van der Waals surface area contributed by atoms with E-state index >= 15 is 0 Å². The molecule has 0 spiro atoms. The van der Waals surface area contributed by atoms with Gasteiger partial charge in [-0.1, -0.05) is 51.6 Å². The maximum absolute atomic E-state index is 10.7. The number of aliphatic hydroxyl groups is 1. The average molecular weight is 441 g/mol. The molecule has 1 heterocycles. The highest BCUT2D eigenvalue weighted by Gasteiger charge is 2.39. The standard InChI is InChI=1S/C26H36O4Si/c1-18-17-23(14-9-19-7-12-21(27)13-8-19)29-25(24(18)28)20-10-15-22(16-11-20)30-31(5,6)26(2,3)4/h7-8,10-13,15-16,23-25,27-28H,1,9,14,17H2,2-6H3/t23-,24-,25+/m1/s1. The summed E-state index contributed by atoms with van der Waals surface area (Å²) in [7, 11) is -1.90. The van der Waals surface area contributed by atoms with Crippen molar-refractivity contribution in [3.8, 4) is 11.5 Å². The number of aliphatic hydroxyl groups excluding tert-OH is 1. The Morgan fingerprint density at radius 1 is 1.06 bits per heavy atom. The molecule has 1 aliphatic heterocycles. The molecule has 0 amide bonds. The van der Waals surface area contributed by atoms with Crippen LogP contribution in [-0.2, 0) is 11.2 Å². The Morgan fingerprint density at radius 3 is 2.26 bits per heavy atom. The van der Waals surface area contributed by atoms with E-state index in [1.807, 2.05) is 36.4 Å². The van der Waals surface area contributed by atoms with Crippen LogP contribution in [0, 0.1) is 0 Å². The van der Waals surface area contributed by atoms with Crippen LogP contribution in [-0.4, -0.2) is 30.7 Å². The van der Waals surface area contributed by atoms with Crippen LogP contribution in [0.25, 0.3) is 0 Å². The van der Waals surface area contributed by atoms with Crippen molar-refractivity contribution in [1.82, 2.24) is 0 Å². The maximum Gasteiger partial charge on any atom is 0.250 e. The Bertz CT molecular complexity index is 881. The molecule has 3 rings (SSSR count). The fraction of sp³-hybridized carbons (Fsp3) is 0.462. The van der Waals surface area contributed by atoms with Crippen molar-refractivity contribution in [2.45, 2.75) is 76.5 Å². The Morgan fingerprint density at radius 2 is 1.68 bits per heavy atom. The molecule has 0 aromatic heterocycles. The minimum Gasteiger partial charge on any atom is -0.544 e. The van der Waals surface area contributed by atoms with Gasteiger partial charge >= 0.3 is 0 Å². The lowest BCUT2D eigenvalue weighted by Crippen LogP contribution is -2.43. The second-order valence-electron chi connectivity index (χ2n) is 10.1. The van der Waals surface area contributed by atoms with Crippen LogP contribution < -0.4 is 4.43 Å². The lowest BCUT2D eigenvalue weighted by atomic mass is 9.90. The molecule has 0 unspecified atom stereocenters. The molecule has 2 N–H and O–H groups in total. The highest BCUT2D eigenvalue weighted by atomic mass is 28.4. The van der Waals surface area contributed by atoms with E-state index in [0.29, 0.717) is 6.42 Å². The lowest BCUT2D eigenvalue weighted by Gasteiger charge is -2.37. The highest BCUT2D eigenvalue weighted by molar-refractivity contribution is 6.74. The topological polar surface area (TPSA) is 58.9 Å². The van der Waals surface area contributed by atoms with Crippen molar-refractivity contribution in [3.63, 3.8) is 0 Å². The van der Waals surface area contributed by atoms with E-state index in [4.69, 9.17) is 9.16 Å². The molecule has 1 aliphatic rings. The molecule has 1 saturated heterocycles. The number of rotatable bonds is 6. The Balaban J connectivity index is 1.67. The van der Waals surface area contributed by atoms with Gasteiger partial charge in [0, 0.05) is 0 Å². The monoisotopic (exact) mass is 440 g/mol. The Hall–Kier alpha value is -2.08. The summed E-state index contributed by atoms with van der Waals surface area (Å²) in [6.45, 7) is 15.2. The number of aromatic hydroxyl groups is 1. The third-order valence-electron chi connectivity index (χ3n) is 6.61. The summed E-state index contributed by atoms with van der Waals surface area (Å²) < 4.78 is 12.7. The highest BCUT2D eigenvalue weighted by Crippen LogP contribution is 2.39. The average Bonchev–Trinajstić information content (AvgIpc) is 2.69. The zero-order valence-electron chi connectivity index (χ0n) is 19.4. The van der Waals surface area contributed by atoms with Gasteiger partial charge in [0.25, 0.3) is 0 Å². The van der Waals surface area contributed by atoms with E-state index in [9.17, 15) is 10.2 Å². The van der Waals surface area contributed by atoms with Gasteiger partial charge in [-0.15, -0.1) is 0 Å². The van der Waals surface area contributed by atoms with Crippen LogP contribution in [0.15, 0.2) is 60.7 Å². The molecule has 168 valence electrons. The number of hydrogen-bond acceptors (Lipinski definition) is 4. The minimum absolute atomic E-state index is 0.00198.